The van der Waals surface area contributed by atoms with Gasteiger partial charge in [0.05, 0.1) is 6.10 Å². The molecular formula is C12H21NO2. The summed E-state index contributed by atoms with van der Waals surface area (Å²) in [5.41, 5.74) is 0. The Morgan fingerprint density at radius 1 is 1.47 bits per heavy atom. The number of rotatable bonds is 2. The highest BCUT2D eigenvalue weighted by molar-refractivity contribution is 5.81. The maximum absolute atomic E-state index is 11.4. The van der Waals surface area contributed by atoms with Crippen molar-refractivity contribution in [3.8, 4) is 0 Å². The molecule has 0 aromatic carbocycles. The van der Waals surface area contributed by atoms with Crippen molar-refractivity contribution in [3.63, 3.8) is 0 Å². The molecule has 2 rings (SSSR count). The topological polar surface area (TPSA) is 29.5 Å². The molecule has 0 aliphatic carbocycles. The van der Waals surface area contributed by atoms with Gasteiger partial charge in [-0.25, -0.2) is 0 Å². The van der Waals surface area contributed by atoms with E-state index in [0.29, 0.717) is 11.9 Å². The second-order valence-corrected chi connectivity index (χ2v) is 4.87. The molecule has 15 heavy (non-hydrogen) atoms. The van der Waals surface area contributed by atoms with E-state index < -0.39 is 0 Å². The molecule has 0 aromatic heterocycles. The third-order valence-electron chi connectivity index (χ3n) is 3.49. The third-order valence-corrected chi connectivity index (χ3v) is 3.49. The molecule has 0 N–H and O–H groups in total. The van der Waals surface area contributed by atoms with E-state index in [4.69, 9.17) is 4.74 Å². The molecule has 0 amide bonds. The normalized spacial score (nSPS) is 34.3. The number of piperidine rings is 1. The zero-order valence-corrected chi connectivity index (χ0v) is 9.58. The number of carbonyl (C=O) groups excluding carboxylic acids is 1. The van der Waals surface area contributed by atoms with Crippen molar-refractivity contribution in [2.75, 3.05) is 26.2 Å². The van der Waals surface area contributed by atoms with Crippen molar-refractivity contribution in [2.24, 2.45) is 5.92 Å². The third kappa shape index (κ3) is 3.02. The van der Waals surface area contributed by atoms with Gasteiger partial charge in [-0.1, -0.05) is 6.92 Å². The molecule has 2 unspecified atom stereocenters. The molecule has 3 heteroatoms. The van der Waals surface area contributed by atoms with Crippen LogP contribution in [-0.2, 0) is 9.53 Å². The Bertz CT molecular complexity index is 224. The highest BCUT2D eigenvalue weighted by Crippen LogP contribution is 2.17. The quantitative estimate of drug-likeness (QED) is 0.692. The van der Waals surface area contributed by atoms with Crippen LogP contribution in [0.15, 0.2) is 0 Å². The standard InChI is InChI=1S/C12H21NO2/c1-10-8-13(6-5-12(10)14)9-11-4-2-3-7-15-11/h10-11H,2-9H2,1H3. The molecule has 0 aromatic rings. The van der Waals surface area contributed by atoms with E-state index in [1.807, 2.05) is 6.92 Å². The average molecular weight is 211 g/mol. The van der Waals surface area contributed by atoms with E-state index in [2.05, 4.69) is 4.90 Å². The van der Waals surface area contributed by atoms with Gasteiger partial charge in [0.25, 0.3) is 0 Å². The summed E-state index contributed by atoms with van der Waals surface area (Å²) in [6.45, 7) is 5.85. The van der Waals surface area contributed by atoms with Crippen LogP contribution in [0.4, 0.5) is 0 Å². The number of ether oxygens (including phenoxy) is 1. The lowest BCUT2D eigenvalue weighted by Crippen LogP contribution is -2.44. The first-order valence-corrected chi connectivity index (χ1v) is 6.12. The van der Waals surface area contributed by atoms with Gasteiger partial charge >= 0.3 is 0 Å². The van der Waals surface area contributed by atoms with Crippen LogP contribution in [0.25, 0.3) is 0 Å². The van der Waals surface area contributed by atoms with Crippen LogP contribution in [0.1, 0.15) is 32.6 Å². The molecule has 0 radical (unpaired) electrons. The SMILES string of the molecule is CC1CN(CC2CCCCO2)CCC1=O. The lowest BCUT2D eigenvalue weighted by Gasteiger charge is -2.34. The molecule has 2 aliphatic heterocycles. The molecule has 0 bridgehead atoms. The highest BCUT2D eigenvalue weighted by Gasteiger charge is 2.25. The molecule has 2 aliphatic rings. The maximum atomic E-state index is 11.4. The molecule has 3 nitrogen and oxygen atoms in total. The number of carbonyl (C=O) groups is 1. The summed E-state index contributed by atoms with van der Waals surface area (Å²) in [7, 11) is 0. The van der Waals surface area contributed by atoms with Gasteiger partial charge in [0.2, 0.25) is 0 Å². The van der Waals surface area contributed by atoms with E-state index in [0.717, 1.165) is 32.7 Å². The van der Waals surface area contributed by atoms with Crippen LogP contribution in [-0.4, -0.2) is 43.0 Å². The molecule has 2 saturated heterocycles. The summed E-state index contributed by atoms with van der Waals surface area (Å²) in [5.74, 6) is 0.651. The fraction of sp³-hybridized carbons (Fsp3) is 0.917. The summed E-state index contributed by atoms with van der Waals surface area (Å²) >= 11 is 0. The van der Waals surface area contributed by atoms with Gasteiger partial charge in [-0.3, -0.25) is 9.69 Å². The first-order valence-electron chi connectivity index (χ1n) is 6.12. The molecule has 2 atom stereocenters. The molecule has 2 heterocycles. The number of hydrogen-bond donors (Lipinski definition) is 0. The minimum absolute atomic E-state index is 0.224. The van der Waals surface area contributed by atoms with Crippen LogP contribution in [0, 0.1) is 5.92 Å². The number of Topliss-reactive ketones (excluding diaryl/α,β-unsaturated/α-hetero) is 1. The lowest BCUT2D eigenvalue weighted by molar-refractivity contribution is -0.126. The number of likely N-dealkylation sites (tertiary alicyclic amines) is 1. The van der Waals surface area contributed by atoms with Gasteiger partial charge < -0.3 is 4.74 Å². The summed E-state index contributed by atoms with van der Waals surface area (Å²) < 4.78 is 5.72. The van der Waals surface area contributed by atoms with Crippen molar-refractivity contribution >= 4 is 5.78 Å². The zero-order valence-electron chi connectivity index (χ0n) is 9.58. The number of hydrogen-bond acceptors (Lipinski definition) is 3. The van der Waals surface area contributed by atoms with Crippen LogP contribution in [0.2, 0.25) is 0 Å². The van der Waals surface area contributed by atoms with Crippen LogP contribution in [0.5, 0.6) is 0 Å². The van der Waals surface area contributed by atoms with Gasteiger partial charge in [0.15, 0.2) is 0 Å². The summed E-state index contributed by atoms with van der Waals surface area (Å²) in [6, 6.07) is 0. The number of nitrogens with zero attached hydrogens (tertiary/aromatic N) is 1. The van der Waals surface area contributed by atoms with Crippen molar-refractivity contribution in [1.82, 2.24) is 4.90 Å². The average Bonchev–Trinajstić information content (AvgIpc) is 2.25. The second kappa shape index (κ2) is 5.08. The van der Waals surface area contributed by atoms with Crippen molar-refractivity contribution in [3.05, 3.63) is 0 Å². The predicted octanol–water partition coefficient (Wildman–Crippen LogP) is 1.47. The first-order chi connectivity index (χ1) is 7.25. The van der Waals surface area contributed by atoms with E-state index in [1.54, 1.807) is 0 Å². The first kappa shape index (κ1) is 11.1. The monoisotopic (exact) mass is 211 g/mol. The smallest absolute Gasteiger partial charge is 0.138 e. The summed E-state index contributed by atoms with van der Waals surface area (Å²) in [4.78, 5) is 13.8. The largest absolute Gasteiger partial charge is 0.377 e. The van der Waals surface area contributed by atoms with Crippen LogP contribution in [0.3, 0.4) is 0 Å². The van der Waals surface area contributed by atoms with Crippen LogP contribution < -0.4 is 0 Å². The second-order valence-electron chi connectivity index (χ2n) is 4.87. The van der Waals surface area contributed by atoms with Crippen molar-refractivity contribution < 1.29 is 9.53 Å². The minimum atomic E-state index is 0.224. The molecule has 0 saturated carbocycles. The zero-order chi connectivity index (χ0) is 10.7. The fourth-order valence-electron chi connectivity index (χ4n) is 2.50. The fourth-order valence-corrected chi connectivity index (χ4v) is 2.50. The highest BCUT2D eigenvalue weighted by atomic mass is 16.5. The Morgan fingerprint density at radius 2 is 2.33 bits per heavy atom. The Kier molecular flexibility index (Phi) is 3.76. The van der Waals surface area contributed by atoms with E-state index in [1.165, 1.54) is 19.3 Å². The summed E-state index contributed by atoms with van der Waals surface area (Å²) in [5, 5.41) is 0. The molecule has 86 valence electrons. The van der Waals surface area contributed by atoms with Crippen LogP contribution >= 0.6 is 0 Å². The van der Waals surface area contributed by atoms with E-state index >= 15 is 0 Å². The maximum Gasteiger partial charge on any atom is 0.138 e. The van der Waals surface area contributed by atoms with Crippen molar-refractivity contribution in [1.29, 1.82) is 0 Å². The van der Waals surface area contributed by atoms with Gasteiger partial charge in [0, 0.05) is 38.6 Å². The Morgan fingerprint density at radius 3 is 3.00 bits per heavy atom. The Labute approximate surface area is 91.8 Å². The van der Waals surface area contributed by atoms with E-state index in [-0.39, 0.29) is 5.92 Å². The van der Waals surface area contributed by atoms with Gasteiger partial charge in [0.1, 0.15) is 5.78 Å². The van der Waals surface area contributed by atoms with Gasteiger partial charge in [-0.15, -0.1) is 0 Å². The number of ketones is 1. The van der Waals surface area contributed by atoms with Gasteiger partial charge in [-0.2, -0.15) is 0 Å². The van der Waals surface area contributed by atoms with Gasteiger partial charge in [-0.05, 0) is 19.3 Å². The Hall–Kier alpha value is -0.410. The molecule has 0 spiro atoms. The lowest BCUT2D eigenvalue weighted by atomic mass is 9.98. The minimum Gasteiger partial charge on any atom is -0.377 e. The van der Waals surface area contributed by atoms with Crippen molar-refractivity contribution in [2.45, 2.75) is 38.7 Å². The Balaban J connectivity index is 1.76. The summed E-state index contributed by atoms with van der Waals surface area (Å²) in [6.07, 6.45) is 4.85. The predicted molar refractivity (Wildman–Crippen MR) is 58.8 cm³/mol. The van der Waals surface area contributed by atoms with E-state index in [9.17, 15) is 4.79 Å². The molecule has 2 fully saturated rings. The molecular weight excluding hydrogens is 190 g/mol.